The maximum Gasteiger partial charge on any atom is 0.336 e. The molecule has 1 aliphatic heterocycles. The lowest BCUT2D eigenvalue weighted by Crippen LogP contribution is -2.36. The van der Waals surface area contributed by atoms with Crippen LogP contribution in [0.1, 0.15) is 41.6 Å². The van der Waals surface area contributed by atoms with Gasteiger partial charge in [0, 0.05) is 18.7 Å². The fraction of sp³-hybridized carbons (Fsp3) is 0.412. The smallest absolute Gasteiger partial charge is 0.336 e. The molecule has 0 radical (unpaired) electrons. The van der Waals surface area contributed by atoms with E-state index in [4.69, 9.17) is 0 Å². The van der Waals surface area contributed by atoms with Crippen molar-refractivity contribution in [1.29, 1.82) is 0 Å². The van der Waals surface area contributed by atoms with Gasteiger partial charge in [-0.05, 0) is 49.3 Å². The van der Waals surface area contributed by atoms with Gasteiger partial charge in [0.2, 0.25) is 5.91 Å². The molecule has 0 saturated heterocycles. The lowest BCUT2D eigenvalue weighted by Gasteiger charge is -2.31. The van der Waals surface area contributed by atoms with Crippen molar-refractivity contribution in [3.8, 4) is 0 Å². The molecule has 1 aliphatic carbocycles. The third-order valence-electron chi connectivity index (χ3n) is 4.33. The largest absolute Gasteiger partial charge is 0.478 e. The van der Waals surface area contributed by atoms with Gasteiger partial charge in [0.15, 0.2) is 0 Å². The second kappa shape index (κ2) is 5.72. The first-order valence-corrected chi connectivity index (χ1v) is 7.49. The molecule has 1 heterocycles. The molecule has 110 valence electrons. The van der Waals surface area contributed by atoms with Crippen LogP contribution in [-0.2, 0) is 11.2 Å². The van der Waals surface area contributed by atoms with Crippen LogP contribution in [0.3, 0.4) is 0 Å². The van der Waals surface area contributed by atoms with E-state index >= 15 is 0 Å². The first kappa shape index (κ1) is 13.9. The van der Waals surface area contributed by atoms with Gasteiger partial charge in [-0.15, -0.1) is 0 Å². The van der Waals surface area contributed by atoms with Gasteiger partial charge < -0.3 is 10.0 Å². The summed E-state index contributed by atoms with van der Waals surface area (Å²) in [6, 6.07) is 5.21. The lowest BCUT2D eigenvalue weighted by molar-refractivity contribution is -0.119. The fourth-order valence-electron chi connectivity index (χ4n) is 3.28. The van der Waals surface area contributed by atoms with Crippen LogP contribution in [0.15, 0.2) is 30.4 Å². The average Bonchev–Trinajstić information content (AvgIpc) is 2.98. The topological polar surface area (TPSA) is 57.6 Å². The number of aromatic carboxylic acids is 1. The quantitative estimate of drug-likeness (QED) is 0.868. The van der Waals surface area contributed by atoms with Gasteiger partial charge in [-0.3, -0.25) is 4.79 Å². The molecule has 1 aromatic rings. The number of hydrogen-bond acceptors (Lipinski definition) is 2. The number of allylic oxidation sites excluding steroid dienone is 2. The highest BCUT2D eigenvalue weighted by atomic mass is 16.4. The number of carboxylic acid groups (broad SMARTS) is 1. The van der Waals surface area contributed by atoms with Gasteiger partial charge in [-0.2, -0.15) is 0 Å². The Labute approximate surface area is 124 Å². The van der Waals surface area contributed by atoms with E-state index in [0.717, 1.165) is 36.9 Å². The predicted octanol–water partition coefficient (Wildman–Crippen LogP) is 3.02. The number of rotatable bonds is 3. The predicted molar refractivity (Wildman–Crippen MR) is 80.6 cm³/mol. The van der Waals surface area contributed by atoms with Crippen molar-refractivity contribution < 1.29 is 14.7 Å². The molecule has 0 saturated carbocycles. The van der Waals surface area contributed by atoms with Crippen molar-refractivity contribution in [2.45, 2.75) is 32.1 Å². The summed E-state index contributed by atoms with van der Waals surface area (Å²) in [5.74, 6) is -0.472. The van der Waals surface area contributed by atoms with Crippen molar-refractivity contribution in [3.05, 3.63) is 41.5 Å². The first-order chi connectivity index (χ1) is 10.2. The normalized spacial score (nSPS) is 20.4. The molecule has 21 heavy (non-hydrogen) atoms. The molecule has 3 rings (SSSR count). The van der Waals surface area contributed by atoms with E-state index in [-0.39, 0.29) is 5.91 Å². The van der Waals surface area contributed by atoms with Crippen molar-refractivity contribution in [2.75, 3.05) is 11.4 Å². The van der Waals surface area contributed by atoms with Crippen LogP contribution in [0.4, 0.5) is 5.69 Å². The molecule has 1 unspecified atom stereocenters. The summed E-state index contributed by atoms with van der Waals surface area (Å²) in [6.45, 7) is 0.686. The summed E-state index contributed by atoms with van der Waals surface area (Å²) in [4.78, 5) is 25.6. The highest BCUT2D eigenvalue weighted by Crippen LogP contribution is 2.31. The van der Waals surface area contributed by atoms with Crippen LogP contribution in [-0.4, -0.2) is 23.5 Å². The Bertz CT molecular complexity index is 606. The molecule has 0 aromatic heterocycles. The van der Waals surface area contributed by atoms with Crippen molar-refractivity contribution in [3.63, 3.8) is 0 Å². The molecule has 1 aromatic carbocycles. The minimum atomic E-state index is -0.917. The maximum atomic E-state index is 12.5. The standard InChI is InChI=1S/C17H19NO3/c19-16(11-12-5-1-2-6-12)18-10-4-8-13-14(17(20)21)7-3-9-15(13)18/h1,3,5,7,9,12H,2,4,6,8,10-11H2,(H,20,21). The second-order valence-corrected chi connectivity index (χ2v) is 5.73. The van der Waals surface area contributed by atoms with E-state index in [1.807, 2.05) is 6.07 Å². The molecule has 0 spiro atoms. The Kier molecular flexibility index (Phi) is 3.78. The van der Waals surface area contributed by atoms with E-state index in [9.17, 15) is 14.7 Å². The SMILES string of the molecule is O=C(O)c1cccc2c1CCCN2C(=O)CC1C=CCC1. The molecule has 4 nitrogen and oxygen atoms in total. The highest BCUT2D eigenvalue weighted by Gasteiger charge is 2.27. The van der Waals surface area contributed by atoms with Gasteiger partial charge in [0.1, 0.15) is 0 Å². The monoisotopic (exact) mass is 285 g/mol. The van der Waals surface area contributed by atoms with Gasteiger partial charge in [-0.1, -0.05) is 18.2 Å². The van der Waals surface area contributed by atoms with Gasteiger partial charge in [0.05, 0.1) is 5.56 Å². The molecule has 1 amide bonds. The zero-order valence-corrected chi connectivity index (χ0v) is 11.9. The molecular formula is C17H19NO3. The summed E-state index contributed by atoms with van der Waals surface area (Å²) >= 11 is 0. The van der Waals surface area contributed by atoms with Crippen LogP contribution >= 0.6 is 0 Å². The van der Waals surface area contributed by atoms with Gasteiger partial charge >= 0.3 is 5.97 Å². The number of amides is 1. The summed E-state index contributed by atoms with van der Waals surface area (Å²) < 4.78 is 0. The average molecular weight is 285 g/mol. The van der Waals surface area contributed by atoms with Crippen molar-refractivity contribution >= 4 is 17.6 Å². The summed E-state index contributed by atoms with van der Waals surface area (Å²) in [5, 5.41) is 9.28. The van der Waals surface area contributed by atoms with Crippen molar-refractivity contribution in [2.24, 2.45) is 5.92 Å². The summed E-state index contributed by atoms with van der Waals surface area (Å²) in [7, 11) is 0. The maximum absolute atomic E-state index is 12.5. The van der Waals surface area contributed by atoms with Crippen molar-refractivity contribution in [1.82, 2.24) is 0 Å². The highest BCUT2D eigenvalue weighted by molar-refractivity contribution is 5.98. The van der Waals surface area contributed by atoms with E-state index in [0.29, 0.717) is 24.4 Å². The fourth-order valence-corrected chi connectivity index (χ4v) is 3.28. The molecule has 1 N–H and O–H groups in total. The Hall–Kier alpha value is -2.10. The third-order valence-corrected chi connectivity index (χ3v) is 4.33. The van der Waals surface area contributed by atoms with Crippen LogP contribution in [0.2, 0.25) is 0 Å². The number of anilines is 1. The molecule has 0 fully saturated rings. The number of benzene rings is 1. The van der Waals surface area contributed by atoms with Gasteiger partial charge in [-0.25, -0.2) is 4.79 Å². The Morgan fingerprint density at radius 2 is 2.19 bits per heavy atom. The number of carbonyl (C=O) groups is 2. The number of nitrogens with zero attached hydrogens (tertiary/aromatic N) is 1. The Balaban J connectivity index is 1.86. The number of carboxylic acids is 1. The zero-order valence-electron chi connectivity index (χ0n) is 11.9. The zero-order chi connectivity index (χ0) is 14.8. The van der Waals surface area contributed by atoms with Crippen LogP contribution < -0.4 is 4.90 Å². The Morgan fingerprint density at radius 1 is 1.33 bits per heavy atom. The second-order valence-electron chi connectivity index (χ2n) is 5.73. The van der Waals surface area contributed by atoms with Gasteiger partial charge in [0.25, 0.3) is 0 Å². The number of fused-ring (bicyclic) bond motifs is 1. The molecule has 1 atom stereocenters. The summed E-state index contributed by atoms with van der Waals surface area (Å²) in [6.07, 6.45) is 8.42. The molecule has 0 bridgehead atoms. The molecule has 4 heteroatoms. The first-order valence-electron chi connectivity index (χ1n) is 7.49. The van der Waals surface area contributed by atoms with E-state index < -0.39 is 5.97 Å². The minimum Gasteiger partial charge on any atom is -0.478 e. The Morgan fingerprint density at radius 3 is 2.90 bits per heavy atom. The number of carbonyl (C=O) groups excluding carboxylic acids is 1. The van der Waals surface area contributed by atoms with Crippen LogP contribution in [0, 0.1) is 5.92 Å². The van der Waals surface area contributed by atoms with Crippen LogP contribution in [0.25, 0.3) is 0 Å². The van der Waals surface area contributed by atoms with Crippen LogP contribution in [0.5, 0.6) is 0 Å². The summed E-state index contributed by atoms with van der Waals surface area (Å²) in [5.41, 5.74) is 1.91. The lowest BCUT2D eigenvalue weighted by atomic mass is 9.95. The van der Waals surface area contributed by atoms with E-state index in [1.54, 1.807) is 17.0 Å². The molecular weight excluding hydrogens is 266 g/mol. The van der Waals surface area contributed by atoms with E-state index in [1.165, 1.54) is 0 Å². The number of hydrogen-bond donors (Lipinski definition) is 1. The molecule has 2 aliphatic rings. The van der Waals surface area contributed by atoms with E-state index in [2.05, 4.69) is 12.2 Å². The third kappa shape index (κ3) is 2.71. The minimum absolute atomic E-state index is 0.107.